The van der Waals surface area contributed by atoms with Gasteiger partial charge in [-0.1, -0.05) is 19.3 Å². The number of rotatable bonds is 6. The summed E-state index contributed by atoms with van der Waals surface area (Å²) in [5.74, 6) is 1.08. The van der Waals surface area contributed by atoms with Crippen LogP contribution in [-0.4, -0.2) is 49.1 Å². The molecule has 0 bridgehead atoms. The maximum atomic E-state index is 13.0. The molecule has 1 saturated carbocycles. The Kier molecular flexibility index (Phi) is 6.49. The second-order valence-corrected chi connectivity index (χ2v) is 6.69. The number of carbonyl (C=O) groups excluding carboxylic acids is 1. The topological polar surface area (TPSA) is 44.4 Å². The quantitative estimate of drug-likeness (QED) is 0.789. The maximum absolute atomic E-state index is 13.0. The zero-order valence-corrected chi connectivity index (χ0v) is 13.9. The van der Waals surface area contributed by atoms with Crippen LogP contribution >= 0.6 is 0 Å². The number of nitrogens with one attached hydrogen (secondary N) is 2. The summed E-state index contributed by atoms with van der Waals surface area (Å²) < 4.78 is 0. The van der Waals surface area contributed by atoms with Gasteiger partial charge < -0.3 is 15.5 Å². The van der Waals surface area contributed by atoms with E-state index in [9.17, 15) is 4.79 Å². The lowest BCUT2D eigenvalue weighted by molar-refractivity contribution is -0.139. The summed E-state index contributed by atoms with van der Waals surface area (Å²) in [5, 5.41) is 7.15. The van der Waals surface area contributed by atoms with E-state index in [0.29, 0.717) is 5.91 Å². The van der Waals surface area contributed by atoms with Crippen molar-refractivity contribution in [2.45, 2.75) is 64.3 Å². The Labute approximate surface area is 130 Å². The van der Waals surface area contributed by atoms with Crippen LogP contribution in [0.5, 0.6) is 0 Å². The number of hydrogen-bond acceptors (Lipinski definition) is 3. The molecule has 0 aromatic rings. The molecule has 0 spiro atoms. The Hall–Kier alpha value is -0.610. The van der Waals surface area contributed by atoms with E-state index < -0.39 is 0 Å². The van der Waals surface area contributed by atoms with Gasteiger partial charge in [-0.2, -0.15) is 0 Å². The third kappa shape index (κ3) is 4.19. The Morgan fingerprint density at radius 2 is 1.76 bits per heavy atom. The molecule has 0 aromatic heterocycles. The van der Waals surface area contributed by atoms with Gasteiger partial charge in [0.2, 0.25) is 5.91 Å². The largest absolute Gasteiger partial charge is 0.342 e. The average molecular weight is 295 g/mol. The van der Waals surface area contributed by atoms with Crippen molar-refractivity contribution in [3.8, 4) is 0 Å². The summed E-state index contributed by atoms with van der Waals surface area (Å²) in [4.78, 5) is 15.0. The molecule has 0 radical (unpaired) electrons. The number of hydrogen-bond donors (Lipinski definition) is 2. The highest BCUT2D eigenvalue weighted by atomic mass is 16.2. The van der Waals surface area contributed by atoms with Crippen LogP contribution in [0.1, 0.15) is 58.8 Å². The summed E-state index contributed by atoms with van der Waals surface area (Å²) in [5.41, 5.74) is -0.269. The van der Waals surface area contributed by atoms with Crippen molar-refractivity contribution < 1.29 is 4.79 Å². The first kappa shape index (κ1) is 16.8. The first-order chi connectivity index (χ1) is 10.2. The molecule has 2 N–H and O–H groups in total. The molecule has 4 heteroatoms. The van der Waals surface area contributed by atoms with Gasteiger partial charge >= 0.3 is 0 Å². The SMILES string of the molecule is CCN(CC)C(=O)C1(NCC2CCNCC2)CCCCC1. The molecular formula is C17H33N3O. The highest BCUT2D eigenvalue weighted by Gasteiger charge is 2.41. The molecule has 2 aliphatic rings. The number of likely N-dealkylation sites (N-methyl/N-ethyl adjacent to an activating group) is 1. The van der Waals surface area contributed by atoms with Gasteiger partial charge in [-0.3, -0.25) is 4.79 Å². The predicted octanol–water partition coefficient (Wildman–Crippen LogP) is 2.15. The zero-order valence-electron chi connectivity index (χ0n) is 13.9. The lowest BCUT2D eigenvalue weighted by Crippen LogP contribution is -2.60. The van der Waals surface area contributed by atoms with Crippen molar-refractivity contribution in [3.05, 3.63) is 0 Å². The molecule has 0 unspecified atom stereocenters. The van der Waals surface area contributed by atoms with Crippen LogP contribution in [0.4, 0.5) is 0 Å². The van der Waals surface area contributed by atoms with Gasteiger partial charge in [0.15, 0.2) is 0 Å². The van der Waals surface area contributed by atoms with Crippen LogP contribution < -0.4 is 10.6 Å². The lowest BCUT2D eigenvalue weighted by atomic mass is 9.79. The Morgan fingerprint density at radius 1 is 1.14 bits per heavy atom. The van der Waals surface area contributed by atoms with Crippen LogP contribution in [0.15, 0.2) is 0 Å². The van der Waals surface area contributed by atoms with E-state index in [4.69, 9.17) is 0 Å². The summed E-state index contributed by atoms with van der Waals surface area (Å²) in [7, 11) is 0. The molecular weight excluding hydrogens is 262 g/mol. The maximum Gasteiger partial charge on any atom is 0.242 e. The van der Waals surface area contributed by atoms with E-state index in [1.165, 1.54) is 32.1 Å². The first-order valence-corrected chi connectivity index (χ1v) is 8.97. The van der Waals surface area contributed by atoms with E-state index >= 15 is 0 Å². The number of amides is 1. The zero-order chi connectivity index (χ0) is 15.1. The number of nitrogens with zero attached hydrogens (tertiary/aromatic N) is 1. The van der Waals surface area contributed by atoms with Crippen molar-refractivity contribution in [2.75, 3.05) is 32.7 Å². The Bertz CT molecular complexity index is 316. The van der Waals surface area contributed by atoms with Gasteiger partial charge in [0.05, 0.1) is 5.54 Å². The van der Waals surface area contributed by atoms with E-state index in [0.717, 1.165) is 51.5 Å². The minimum absolute atomic E-state index is 0.269. The van der Waals surface area contributed by atoms with Crippen LogP contribution in [0.3, 0.4) is 0 Å². The van der Waals surface area contributed by atoms with Crippen molar-refractivity contribution >= 4 is 5.91 Å². The van der Waals surface area contributed by atoms with Crippen LogP contribution in [-0.2, 0) is 4.79 Å². The molecule has 1 amide bonds. The fraction of sp³-hybridized carbons (Fsp3) is 0.941. The van der Waals surface area contributed by atoms with Gasteiger partial charge in [-0.15, -0.1) is 0 Å². The summed E-state index contributed by atoms with van der Waals surface area (Å²) in [6, 6.07) is 0. The minimum atomic E-state index is -0.269. The van der Waals surface area contributed by atoms with Gasteiger partial charge in [0.1, 0.15) is 0 Å². The molecule has 1 saturated heterocycles. The van der Waals surface area contributed by atoms with Gasteiger partial charge in [0.25, 0.3) is 0 Å². The summed E-state index contributed by atoms with van der Waals surface area (Å²) in [6.07, 6.45) is 8.17. The second-order valence-electron chi connectivity index (χ2n) is 6.69. The first-order valence-electron chi connectivity index (χ1n) is 8.97. The second kappa shape index (κ2) is 8.14. The van der Waals surface area contributed by atoms with Crippen LogP contribution in [0.25, 0.3) is 0 Å². The van der Waals surface area contributed by atoms with Crippen LogP contribution in [0.2, 0.25) is 0 Å². The molecule has 1 aliphatic carbocycles. The van der Waals surface area contributed by atoms with Gasteiger partial charge in [0, 0.05) is 13.1 Å². The van der Waals surface area contributed by atoms with Crippen LogP contribution in [0, 0.1) is 5.92 Å². The molecule has 1 heterocycles. The number of piperidine rings is 1. The van der Waals surface area contributed by atoms with E-state index in [1.807, 2.05) is 4.90 Å². The van der Waals surface area contributed by atoms with E-state index in [-0.39, 0.29) is 5.54 Å². The summed E-state index contributed by atoms with van der Waals surface area (Å²) >= 11 is 0. The smallest absolute Gasteiger partial charge is 0.242 e. The van der Waals surface area contributed by atoms with Crippen molar-refractivity contribution in [1.29, 1.82) is 0 Å². The number of carbonyl (C=O) groups is 1. The van der Waals surface area contributed by atoms with Gasteiger partial charge in [-0.05, 0) is 65.1 Å². The predicted molar refractivity (Wildman–Crippen MR) is 87.3 cm³/mol. The lowest BCUT2D eigenvalue weighted by Gasteiger charge is -2.41. The standard InChI is InChI=1S/C17H33N3O/c1-3-20(4-2)16(21)17(10-6-5-7-11-17)19-14-15-8-12-18-13-9-15/h15,18-19H,3-14H2,1-2H3. The average Bonchev–Trinajstić information content (AvgIpc) is 2.56. The molecule has 122 valence electrons. The fourth-order valence-electron chi connectivity index (χ4n) is 3.86. The highest BCUT2D eigenvalue weighted by Crippen LogP contribution is 2.30. The van der Waals surface area contributed by atoms with Crippen molar-refractivity contribution in [3.63, 3.8) is 0 Å². The van der Waals surface area contributed by atoms with E-state index in [2.05, 4.69) is 24.5 Å². The molecule has 0 atom stereocenters. The minimum Gasteiger partial charge on any atom is -0.342 e. The Morgan fingerprint density at radius 3 is 2.33 bits per heavy atom. The molecule has 1 aliphatic heterocycles. The third-order valence-corrected chi connectivity index (χ3v) is 5.35. The van der Waals surface area contributed by atoms with Gasteiger partial charge in [-0.25, -0.2) is 0 Å². The monoisotopic (exact) mass is 295 g/mol. The van der Waals surface area contributed by atoms with E-state index in [1.54, 1.807) is 0 Å². The summed E-state index contributed by atoms with van der Waals surface area (Å²) in [6.45, 7) is 9.09. The molecule has 2 fully saturated rings. The van der Waals surface area contributed by atoms with Crippen molar-refractivity contribution in [2.24, 2.45) is 5.92 Å². The third-order valence-electron chi connectivity index (χ3n) is 5.35. The normalized spacial score (nSPS) is 23.0. The molecule has 2 rings (SSSR count). The Balaban J connectivity index is 1.99. The highest BCUT2D eigenvalue weighted by molar-refractivity contribution is 5.86. The molecule has 21 heavy (non-hydrogen) atoms. The fourth-order valence-corrected chi connectivity index (χ4v) is 3.86. The van der Waals surface area contributed by atoms with Crippen molar-refractivity contribution in [1.82, 2.24) is 15.5 Å². The molecule has 0 aromatic carbocycles. The molecule has 4 nitrogen and oxygen atoms in total.